The normalized spacial score (nSPS) is 25.1. The predicted octanol–water partition coefficient (Wildman–Crippen LogP) is 4.09. The Morgan fingerprint density at radius 3 is 2.57 bits per heavy atom. The lowest BCUT2D eigenvalue weighted by Crippen LogP contribution is -2.50. The number of H-pyrrole nitrogens is 1. The summed E-state index contributed by atoms with van der Waals surface area (Å²) in [7, 11) is 0. The number of halogens is 1. The average molecular weight is 497 g/mol. The third-order valence-electron chi connectivity index (χ3n) is 7.55. The van der Waals surface area contributed by atoms with Crippen LogP contribution in [0.4, 0.5) is 5.82 Å². The van der Waals surface area contributed by atoms with E-state index in [4.69, 9.17) is 17.3 Å². The Kier molecular flexibility index (Phi) is 7.22. The summed E-state index contributed by atoms with van der Waals surface area (Å²) in [5.74, 6) is 0.490. The van der Waals surface area contributed by atoms with Gasteiger partial charge >= 0.3 is 0 Å². The van der Waals surface area contributed by atoms with Crippen molar-refractivity contribution >= 4 is 34.4 Å². The van der Waals surface area contributed by atoms with Gasteiger partial charge in [-0.2, -0.15) is 0 Å². The van der Waals surface area contributed by atoms with Crippen molar-refractivity contribution in [2.45, 2.75) is 75.6 Å². The topological polar surface area (TPSA) is 120 Å². The van der Waals surface area contributed by atoms with Gasteiger partial charge in [-0.1, -0.05) is 11.6 Å². The smallest absolute Gasteiger partial charge is 0.231 e. The molecular weight excluding hydrogens is 464 g/mol. The first kappa shape index (κ1) is 24.0. The maximum Gasteiger partial charge on any atom is 0.231 e. The summed E-state index contributed by atoms with van der Waals surface area (Å²) < 4.78 is 0. The van der Waals surface area contributed by atoms with Crippen LogP contribution in [0.2, 0.25) is 5.15 Å². The summed E-state index contributed by atoms with van der Waals surface area (Å²) in [5, 5.41) is 15.0. The zero-order chi connectivity index (χ0) is 24.4. The van der Waals surface area contributed by atoms with Crippen LogP contribution in [0.25, 0.3) is 22.2 Å². The van der Waals surface area contributed by atoms with Gasteiger partial charge in [0.25, 0.3) is 0 Å². The number of rotatable bonds is 7. The average Bonchev–Trinajstić information content (AvgIpc) is 3.28. The molecule has 1 amide bonds. The van der Waals surface area contributed by atoms with E-state index >= 15 is 0 Å². The van der Waals surface area contributed by atoms with Crippen molar-refractivity contribution in [2.75, 3.05) is 11.9 Å². The molecule has 3 heterocycles. The van der Waals surface area contributed by atoms with Gasteiger partial charge in [-0.05, 0) is 81.2 Å². The van der Waals surface area contributed by atoms with Crippen molar-refractivity contribution in [1.29, 1.82) is 0 Å². The molecule has 0 unspecified atom stereocenters. The number of fused-ring (bicyclic) bond motifs is 1. The van der Waals surface area contributed by atoms with Crippen molar-refractivity contribution in [1.82, 2.24) is 19.9 Å². The van der Waals surface area contributed by atoms with Crippen molar-refractivity contribution in [3.8, 4) is 11.1 Å². The highest BCUT2D eigenvalue weighted by atomic mass is 35.5. The molecule has 0 saturated heterocycles. The van der Waals surface area contributed by atoms with Gasteiger partial charge in [0.05, 0.1) is 12.6 Å². The second kappa shape index (κ2) is 10.5. The quantitative estimate of drug-likeness (QED) is 0.366. The second-order valence-electron chi connectivity index (χ2n) is 9.92. The maximum absolute atomic E-state index is 11.8. The largest absolute Gasteiger partial charge is 0.393 e. The molecule has 2 fully saturated rings. The van der Waals surface area contributed by atoms with Crippen LogP contribution in [0.5, 0.6) is 0 Å². The van der Waals surface area contributed by atoms with E-state index in [1.54, 1.807) is 6.20 Å². The molecule has 0 aliphatic heterocycles. The first-order valence-corrected chi connectivity index (χ1v) is 12.9. The van der Waals surface area contributed by atoms with E-state index in [-0.39, 0.29) is 12.0 Å². The molecule has 2 saturated carbocycles. The lowest BCUT2D eigenvalue weighted by atomic mass is 9.86. The molecule has 35 heavy (non-hydrogen) atoms. The Bertz CT molecular complexity index is 1170. The highest BCUT2D eigenvalue weighted by Gasteiger charge is 2.33. The van der Waals surface area contributed by atoms with E-state index in [1.165, 1.54) is 0 Å². The van der Waals surface area contributed by atoms with Crippen LogP contribution in [-0.2, 0) is 4.79 Å². The SMILES string of the molecule is NC(=O)CN([C@H]1CC[C@H](O)CC1)[C@H]1CC[C@H](Nc2cc(-c3c[nH]c4ncccc34)cc(Cl)n2)CC1. The summed E-state index contributed by atoms with van der Waals surface area (Å²) in [6, 6.07) is 8.84. The molecule has 9 heteroatoms. The lowest BCUT2D eigenvalue weighted by molar-refractivity contribution is -0.121. The summed E-state index contributed by atoms with van der Waals surface area (Å²) in [6.45, 7) is 0.294. The van der Waals surface area contributed by atoms with Gasteiger partial charge in [0, 0.05) is 41.5 Å². The van der Waals surface area contributed by atoms with Gasteiger partial charge in [0.15, 0.2) is 0 Å². The van der Waals surface area contributed by atoms with Crippen molar-refractivity contribution in [2.24, 2.45) is 5.73 Å². The molecule has 5 N–H and O–H groups in total. The molecule has 0 spiro atoms. The van der Waals surface area contributed by atoms with Crippen molar-refractivity contribution < 1.29 is 9.90 Å². The molecule has 8 nitrogen and oxygen atoms in total. The second-order valence-corrected chi connectivity index (χ2v) is 10.3. The van der Waals surface area contributed by atoms with Crippen molar-refractivity contribution in [3.05, 3.63) is 41.8 Å². The maximum atomic E-state index is 11.8. The van der Waals surface area contributed by atoms with Crippen LogP contribution in [0.3, 0.4) is 0 Å². The Morgan fingerprint density at radius 1 is 1.14 bits per heavy atom. The number of hydrogen-bond acceptors (Lipinski definition) is 6. The molecular formula is C26H33ClN6O2. The number of primary amides is 1. The van der Waals surface area contributed by atoms with Gasteiger partial charge in [-0.3, -0.25) is 9.69 Å². The molecule has 5 rings (SSSR count). The summed E-state index contributed by atoms with van der Waals surface area (Å²) in [5.41, 5.74) is 8.48. The number of hydrogen-bond donors (Lipinski definition) is 4. The number of aromatic nitrogens is 3. The molecule has 2 aliphatic rings. The van der Waals surface area contributed by atoms with Gasteiger partial charge in [0.2, 0.25) is 5.91 Å². The van der Waals surface area contributed by atoms with E-state index < -0.39 is 0 Å². The molecule has 186 valence electrons. The molecule has 3 aromatic heterocycles. The van der Waals surface area contributed by atoms with E-state index in [9.17, 15) is 9.90 Å². The molecule has 3 aromatic rings. The van der Waals surface area contributed by atoms with Crippen LogP contribution in [0.1, 0.15) is 51.4 Å². The number of carbonyl (C=O) groups is 1. The van der Waals surface area contributed by atoms with Crippen LogP contribution >= 0.6 is 11.6 Å². The number of aromatic amines is 1. The zero-order valence-corrected chi connectivity index (χ0v) is 20.5. The number of nitrogens with zero attached hydrogens (tertiary/aromatic N) is 3. The Balaban J connectivity index is 1.25. The van der Waals surface area contributed by atoms with Gasteiger partial charge in [-0.25, -0.2) is 9.97 Å². The highest BCUT2D eigenvalue weighted by Crippen LogP contribution is 2.33. The van der Waals surface area contributed by atoms with Crippen LogP contribution in [0, 0.1) is 0 Å². The van der Waals surface area contributed by atoms with Gasteiger partial charge in [-0.15, -0.1) is 0 Å². The monoisotopic (exact) mass is 496 g/mol. The first-order chi connectivity index (χ1) is 17.0. The lowest BCUT2D eigenvalue weighted by Gasteiger charge is -2.43. The third-order valence-corrected chi connectivity index (χ3v) is 7.74. The minimum Gasteiger partial charge on any atom is -0.393 e. The van der Waals surface area contributed by atoms with Crippen LogP contribution in [0.15, 0.2) is 36.7 Å². The predicted molar refractivity (Wildman–Crippen MR) is 138 cm³/mol. The Morgan fingerprint density at radius 2 is 1.86 bits per heavy atom. The third kappa shape index (κ3) is 5.60. The number of aliphatic hydroxyl groups is 1. The van der Waals surface area contributed by atoms with Crippen molar-refractivity contribution in [3.63, 3.8) is 0 Å². The Labute approximate surface area is 210 Å². The minimum absolute atomic E-state index is 0.211. The fourth-order valence-corrected chi connectivity index (χ4v) is 6.02. The highest BCUT2D eigenvalue weighted by molar-refractivity contribution is 6.29. The Hall–Kier alpha value is -2.68. The number of nitrogens with two attached hydrogens (primary N) is 1. The molecule has 0 bridgehead atoms. The van der Waals surface area contributed by atoms with E-state index in [2.05, 4.69) is 25.2 Å². The molecule has 0 radical (unpaired) electrons. The summed E-state index contributed by atoms with van der Waals surface area (Å²) in [6.07, 6.45) is 10.9. The molecule has 0 aromatic carbocycles. The number of anilines is 1. The van der Waals surface area contributed by atoms with Gasteiger partial charge in [0.1, 0.15) is 16.6 Å². The standard InChI is InChI=1S/C26H33ClN6O2/c27-23-12-16(22-14-30-26-21(22)2-1-11-29-26)13-25(32-23)31-17-3-5-18(6-4-17)33(15-24(28)35)19-7-9-20(34)10-8-19/h1-2,11-14,17-20,34H,3-10,15H2,(H2,28,35)(H,29,30)(H,31,32)/t17-,18-,19-,20-. The number of pyridine rings is 2. The minimum atomic E-state index is -0.278. The van der Waals surface area contributed by atoms with E-state index in [1.807, 2.05) is 30.5 Å². The number of aliphatic hydroxyl groups excluding tert-OH is 1. The fraction of sp³-hybridized carbons (Fsp3) is 0.500. The first-order valence-electron chi connectivity index (χ1n) is 12.5. The molecule has 0 atom stereocenters. The summed E-state index contributed by atoms with van der Waals surface area (Å²) in [4.78, 5) is 26.2. The fourth-order valence-electron chi connectivity index (χ4n) is 5.81. The summed E-state index contributed by atoms with van der Waals surface area (Å²) >= 11 is 6.40. The van der Waals surface area contributed by atoms with Gasteiger partial charge < -0.3 is 21.1 Å². The van der Waals surface area contributed by atoms with Crippen LogP contribution < -0.4 is 11.1 Å². The number of carbonyl (C=O) groups excluding carboxylic acids is 1. The van der Waals surface area contributed by atoms with Crippen LogP contribution in [-0.4, -0.2) is 61.6 Å². The van der Waals surface area contributed by atoms with E-state index in [0.29, 0.717) is 29.8 Å². The zero-order valence-electron chi connectivity index (χ0n) is 19.8. The number of nitrogens with one attached hydrogen (secondary N) is 2. The number of amides is 1. The molecule has 2 aliphatic carbocycles. The van der Waals surface area contributed by atoms with E-state index in [0.717, 1.165) is 79.3 Å².